The number of nitrogens with zero attached hydrogens (tertiary/aromatic N) is 1. The van der Waals surface area contributed by atoms with Crippen molar-refractivity contribution < 1.29 is 0 Å². The van der Waals surface area contributed by atoms with Crippen molar-refractivity contribution in [3.63, 3.8) is 0 Å². The van der Waals surface area contributed by atoms with Crippen LogP contribution >= 0.6 is 0 Å². The van der Waals surface area contributed by atoms with E-state index in [0.717, 1.165) is 30.5 Å². The van der Waals surface area contributed by atoms with Crippen molar-refractivity contribution in [2.24, 2.45) is 11.8 Å². The molecule has 1 saturated carbocycles. The number of rotatable bonds is 6. The summed E-state index contributed by atoms with van der Waals surface area (Å²) in [4.78, 5) is 2.75. The van der Waals surface area contributed by atoms with Crippen LogP contribution in [0.15, 0.2) is 0 Å². The van der Waals surface area contributed by atoms with E-state index in [0.29, 0.717) is 0 Å². The Bertz CT molecular complexity index is 254. The Morgan fingerprint density at radius 1 is 1.16 bits per heavy atom. The minimum Gasteiger partial charge on any atom is -0.314 e. The number of hydrogen-bond donors (Lipinski definition) is 1. The Labute approximate surface area is 120 Å². The average molecular weight is 266 g/mol. The van der Waals surface area contributed by atoms with Crippen LogP contribution in [0.25, 0.3) is 0 Å². The summed E-state index contributed by atoms with van der Waals surface area (Å²) in [6, 6.07) is 1.61. The van der Waals surface area contributed by atoms with E-state index in [1.807, 2.05) is 0 Å². The summed E-state index contributed by atoms with van der Waals surface area (Å²) >= 11 is 0. The van der Waals surface area contributed by atoms with Crippen molar-refractivity contribution in [3.05, 3.63) is 0 Å². The maximum Gasteiger partial charge on any atom is 0.0108 e. The van der Waals surface area contributed by atoms with Gasteiger partial charge in [0.2, 0.25) is 0 Å². The van der Waals surface area contributed by atoms with E-state index in [4.69, 9.17) is 0 Å². The van der Waals surface area contributed by atoms with Crippen LogP contribution in [0.3, 0.4) is 0 Å². The summed E-state index contributed by atoms with van der Waals surface area (Å²) in [7, 11) is 0. The second kappa shape index (κ2) is 7.64. The van der Waals surface area contributed by atoms with Gasteiger partial charge in [-0.15, -0.1) is 0 Å². The van der Waals surface area contributed by atoms with Crippen LogP contribution in [0.2, 0.25) is 0 Å². The van der Waals surface area contributed by atoms with Crippen molar-refractivity contribution in [1.29, 1.82) is 0 Å². The minimum absolute atomic E-state index is 0.783. The van der Waals surface area contributed by atoms with Crippen molar-refractivity contribution in [2.75, 3.05) is 19.6 Å². The van der Waals surface area contributed by atoms with Gasteiger partial charge in [-0.2, -0.15) is 0 Å². The van der Waals surface area contributed by atoms with Crippen LogP contribution in [0.5, 0.6) is 0 Å². The van der Waals surface area contributed by atoms with Gasteiger partial charge in [0.05, 0.1) is 0 Å². The monoisotopic (exact) mass is 266 g/mol. The zero-order valence-electron chi connectivity index (χ0n) is 13.3. The summed E-state index contributed by atoms with van der Waals surface area (Å²) in [5.74, 6) is 1.90. The van der Waals surface area contributed by atoms with Gasteiger partial charge >= 0.3 is 0 Å². The van der Waals surface area contributed by atoms with E-state index in [9.17, 15) is 0 Å². The summed E-state index contributed by atoms with van der Waals surface area (Å²) < 4.78 is 0. The molecule has 0 radical (unpaired) electrons. The molecular formula is C17H34N2. The molecule has 1 aliphatic carbocycles. The summed E-state index contributed by atoms with van der Waals surface area (Å²) in [5.41, 5.74) is 0. The highest BCUT2D eigenvalue weighted by atomic mass is 15.2. The molecule has 0 aromatic rings. The molecule has 112 valence electrons. The molecular weight excluding hydrogens is 232 g/mol. The van der Waals surface area contributed by atoms with Gasteiger partial charge in [-0.3, -0.25) is 0 Å². The summed E-state index contributed by atoms with van der Waals surface area (Å²) in [5, 5.41) is 3.76. The van der Waals surface area contributed by atoms with Gasteiger partial charge in [0, 0.05) is 18.6 Å². The normalized spacial score (nSPS) is 36.8. The number of nitrogens with one attached hydrogen (secondary N) is 1. The van der Waals surface area contributed by atoms with Crippen molar-refractivity contribution >= 4 is 0 Å². The predicted octanol–water partition coefficient (Wildman–Crippen LogP) is 3.67. The first-order valence-corrected chi connectivity index (χ1v) is 8.72. The molecule has 0 aromatic carbocycles. The fraction of sp³-hybridized carbons (Fsp3) is 1.00. The lowest BCUT2D eigenvalue weighted by atomic mass is 9.76. The van der Waals surface area contributed by atoms with Crippen molar-refractivity contribution in [1.82, 2.24) is 10.2 Å². The molecule has 19 heavy (non-hydrogen) atoms. The summed E-state index contributed by atoms with van der Waals surface area (Å²) in [6.45, 7) is 10.8. The lowest BCUT2D eigenvalue weighted by molar-refractivity contribution is 0.133. The molecule has 2 nitrogen and oxygen atoms in total. The Balaban J connectivity index is 1.90. The van der Waals surface area contributed by atoms with E-state index >= 15 is 0 Å². The molecule has 2 heteroatoms. The van der Waals surface area contributed by atoms with Gasteiger partial charge in [0.25, 0.3) is 0 Å². The summed E-state index contributed by atoms with van der Waals surface area (Å²) in [6.07, 6.45) is 9.97. The quantitative estimate of drug-likeness (QED) is 0.789. The molecule has 0 aromatic heterocycles. The second-order valence-corrected chi connectivity index (χ2v) is 6.88. The molecule has 0 spiro atoms. The minimum atomic E-state index is 0.783. The Morgan fingerprint density at radius 2 is 2.00 bits per heavy atom. The third-order valence-corrected chi connectivity index (χ3v) is 5.41. The second-order valence-electron chi connectivity index (χ2n) is 6.88. The van der Waals surface area contributed by atoms with Gasteiger partial charge < -0.3 is 10.2 Å². The highest BCUT2D eigenvalue weighted by Crippen LogP contribution is 2.34. The van der Waals surface area contributed by atoms with Gasteiger partial charge in [-0.25, -0.2) is 0 Å². The molecule has 0 amide bonds. The fourth-order valence-corrected chi connectivity index (χ4v) is 4.33. The first kappa shape index (κ1) is 15.3. The number of likely N-dealkylation sites (tertiary alicyclic amines) is 1. The molecule has 4 unspecified atom stereocenters. The van der Waals surface area contributed by atoms with Crippen LogP contribution in [-0.4, -0.2) is 36.6 Å². The van der Waals surface area contributed by atoms with Gasteiger partial charge in [-0.1, -0.05) is 26.7 Å². The highest BCUT2D eigenvalue weighted by Gasteiger charge is 2.32. The van der Waals surface area contributed by atoms with Crippen LogP contribution in [0, 0.1) is 11.8 Å². The van der Waals surface area contributed by atoms with E-state index in [1.54, 1.807) is 0 Å². The Morgan fingerprint density at radius 3 is 2.63 bits per heavy atom. The maximum atomic E-state index is 3.76. The first-order chi connectivity index (χ1) is 9.24. The van der Waals surface area contributed by atoms with Crippen LogP contribution in [0.4, 0.5) is 0 Å². The lowest BCUT2D eigenvalue weighted by Crippen LogP contribution is -2.46. The molecule has 1 heterocycles. The smallest absolute Gasteiger partial charge is 0.0108 e. The zero-order valence-corrected chi connectivity index (χ0v) is 13.3. The van der Waals surface area contributed by atoms with Crippen LogP contribution in [-0.2, 0) is 0 Å². The van der Waals surface area contributed by atoms with Gasteiger partial charge in [0.15, 0.2) is 0 Å². The molecule has 1 N–H and O–H groups in total. The molecule has 2 fully saturated rings. The van der Waals surface area contributed by atoms with Crippen molar-refractivity contribution in [3.8, 4) is 0 Å². The topological polar surface area (TPSA) is 15.3 Å². The average Bonchev–Trinajstić information content (AvgIpc) is 2.79. The van der Waals surface area contributed by atoms with Gasteiger partial charge in [-0.05, 0) is 64.0 Å². The molecule has 1 saturated heterocycles. The Hall–Kier alpha value is -0.0800. The molecule has 4 atom stereocenters. The van der Waals surface area contributed by atoms with E-state index in [1.165, 1.54) is 58.0 Å². The molecule has 2 rings (SSSR count). The fourth-order valence-electron chi connectivity index (χ4n) is 4.33. The lowest BCUT2D eigenvalue weighted by Gasteiger charge is -2.39. The van der Waals surface area contributed by atoms with E-state index < -0.39 is 0 Å². The van der Waals surface area contributed by atoms with E-state index in [-0.39, 0.29) is 0 Å². The largest absolute Gasteiger partial charge is 0.314 e. The van der Waals surface area contributed by atoms with Crippen LogP contribution in [0.1, 0.15) is 65.7 Å². The molecule has 2 aliphatic rings. The first-order valence-electron chi connectivity index (χ1n) is 8.72. The number of hydrogen-bond acceptors (Lipinski definition) is 2. The molecule has 1 aliphatic heterocycles. The maximum absolute atomic E-state index is 3.76. The van der Waals surface area contributed by atoms with Gasteiger partial charge in [0.1, 0.15) is 0 Å². The van der Waals surface area contributed by atoms with Crippen molar-refractivity contribution in [2.45, 2.75) is 77.8 Å². The third-order valence-electron chi connectivity index (χ3n) is 5.41. The SMILES string of the molecule is CCCC1CCC(NCC)C(CN2CCCC2C)C1. The van der Waals surface area contributed by atoms with E-state index in [2.05, 4.69) is 31.0 Å². The predicted molar refractivity (Wildman–Crippen MR) is 83.5 cm³/mol. The highest BCUT2D eigenvalue weighted by molar-refractivity contribution is 4.88. The standard InChI is InChI=1S/C17H34N2/c1-4-7-15-9-10-17(18-5-2)16(12-15)13-19-11-6-8-14(19)3/h14-18H,4-13H2,1-3H3. The van der Waals surface area contributed by atoms with Crippen LogP contribution < -0.4 is 5.32 Å². The third kappa shape index (κ3) is 4.19. The molecule has 0 bridgehead atoms. The zero-order chi connectivity index (χ0) is 13.7. The Kier molecular flexibility index (Phi) is 6.15.